The fourth-order valence-electron chi connectivity index (χ4n) is 2.39. The number of ether oxygens (including phenoxy) is 1. The van der Waals surface area contributed by atoms with Crippen LogP contribution >= 0.6 is 11.3 Å². The summed E-state index contributed by atoms with van der Waals surface area (Å²) in [6.45, 7) is 7.54. The van der Waals surface area contributed by atoms with Crippen LogP contribution < -0.4 is 5.32 Å². The van der Waals surface area contributed by atoms with Gasteiger partial charge in [-0.05, 0) is 57.2 Å². The first-order valence-electron chi connectivity index (χ1n) is 6.88. The Hall–Kier alpha value is -0.800. The van der Waals surface area contributed by atoms with Crippen LogP contribution in [-0.2, 0) is 17.6 Å². The van der Waals surface area contributed by atoms with Crippen molar-refractivity contribution >= 4 is 11.3 Å². The smallest absolute Gasteiger partial charge is 0.0885 e. The van der Waals surface area contributed by atoms with Crippen LogP contribution in [0.25, 0.3) is 0 Å². The van der Waals surface area contributed by atoms with E-state index in [1.54, 1.807) is 10.4 Å². The van der Waals surface area contributed by atoms with Gasteiger partial charge in [0.1, 0.15) is 0 Å². The maximum atomic E-state index is 5.11. The molecule has 18 heavy (non-hydrogen) atoms. The number of hydrogen-bond acceptors (Lipinski definition) is 3. The number of aryl methyl sites for hydroxylation is 2. The van der Waals surface area contributed by atoms with E-state index in [1.165, 1.54) is 36.8 Å². The van der Waals surface area contributed by atoms with Crippen molar-refractivity contribution in [1.82, 2.24) is 5.32 Å². The molecule has 3 heteroatoms. The SMILES string of the molecule is C=COCCCNC(C)c1cc2c(s1)CCCC2. The fourth-order valence-corrected chi connectivity index (χ4v) is 3.67. The van der Waals surface area contributed by atoms with Crippen molar-refractivity contribution in [1.29, 1.82) is 0 Å². The second kappa shape index (κ2) is 6.95. The second-order valence-corrected chi connectivity index (χ2v) is 6.04. The topological polar surface area (TPSA) is 21.3 Å². The summed E-state index contributed by atoms with van der Waals surface area (Å²) in [5.74, 6) is 0. The first-order valence-corrected chi connectivity index (χ1v) is 7.70. The second-order valence-electron chi connectivity index (χ2n) is 4.87. The summed E-state index contributed by atoms with van der Waals surface area (Å²) in [6.07, 6.45) is 7.85. The number of rotatable bonds is 7. The van der Waals surface area contributed by atoms with Crippen LogP contribution in [0.1, 0.15) is 47.5 Å². The molecule has 0 aromatic carbocycles. The van der Waals surface area contributed by atoms with Crippen LogP contribution in [-0.4, -0.2) is 13.2 Å². The molecule has 1 atom stereocenters. The van der Waals surface area contributed by atoms with Gasteiger partial charge < -0.3 is 10.1 Å². The summed E-state index contributed by atoms with van der Waals surface area (Å²) < 4.78 is 5.11. The number of thiophene rings is 1. The molecule has 100 valence electrons. The molecule has 0 saturated carbocycles. The largest absolute Gasteiger partial charge is 0.502 e. The molecule has 0 radical (unpaired) electrons. The lowest BCUT2D eigenvalue weighted by Gasteiger charge is -2.11. The lowest BCUT2D eigenvalue weighted by Crippen LogP contribution is -2.19. The van der Waals surface area contributed by atoms with Gasteiger partial charge in [0.05, 0.1) is 12.9 Å². The van der Waals surface area contributed by atoms with Crippen molar-refractivity contribution < 1.29 is 4.74 Å². The van der Waals surface area contributed by atoms with E-state index in [0.29, 0.717) is 6.04 Å². The Morgan fingerprint density at radius 3 is 3.11 bits per heavy atom. The summed E-state index contributed by atoms with van der Waals surface area (Å²) in [5.41, 5.74) is 1.60. The number of fused-ring (bicyclic) bond motifs is 1. The zero-order valence-electron chi connectivity index (χ0n) is 11.2. The molecule has 0 amide bonds. The van der Waals surface area contributed by atoms with Gasteiger partial charge in [-0.2, -0.15) is 0 Å². The average molecular weight is 265 g/mol. The highest BCUT2D eigenvalue weighted by Gasteiger charge is 2.16. The zero-order chi connectivity index (χ0) is 12.8. The quantitative estimate of drug-likeness (QED) is 0.597. The molecule has 1 unspecified atom stereocenters. The molecule has 0 spiro atoms. The number of hydrogen-bond donors (Lipinski definition) is 1. The van der Waals surface area contributed by atoms with Crippen molar-refractivity contribution in [3.8, 4) is 0 Å². The minimum absolute atomic E-state index is 0.462. The van der Waals surface area contributed by atoms with Crippen molar-refractivity contribution in [3.05, 3.63) is 34.2 Å². The van der Waals surface area contributed by atoms with E-state index in [1.807, 2.05) is 11.3 Å². The van der Waals surface area contributed by atoms with Crippen LogP contribution in [0.5, 0.6) is 0 Å². The molecule has 0 bridgehead atoms. The lowest BCUT2D eigenvalue weighted by atomic mass is 9.99. The van der Waals surface area contributed by atoms with Gasteiger partial charge in [-0.25, -0.2) is 0 Å². The van der Waals surface area contributed by atoms with Gasteiger partial charge in [-0.3, -0.25) is 0 Å². The molecule has 1 N–H and O–H groups in total. The minimum atomic E-state index is 0.462. The van der Waals surface area contributed by atoms with Crippen LogP contribution in [0.2, 0.25) is 0 Å². The average Bonchev–Trinajstić information content (AvgIpc) is 2.82. The molecule has 0 saturated heterocycles. The zero-order valence-corrected chi connectivity index (χ0v) is 12.0. The maximum Gasteiger partial charge on any atom is 0.0885 e. The molecule has 1 heterocycles. The van der Waals surface area contributed by atoms with Gasteiger partial charge in [0.15, 0.2) is 0 Å². The van der Waals surface area contributed by atoms with E-state index >= 15 is 0 Å². The Morgan fingerprint density at radius 1 is 1.50 bits per heavy atom. The van der Waals surface area contributed by atoms with Gasteiger partial charge in [-0.1, -0.05) is 6.58 Å². The summed E-state index contributed by atoms with van der Waals surface area (Å²) in [6, 6.07) is 2.88. The lowest BCUT2D eigenvalue weighted by molar-refractivity contribution is 0.243. The molecule has 0 aliphatic heterocycles. The minimum Gasteiger partial charge on any atom is -0.502 e. The van der Waals surface area contributed by atoms with Crippen molar-refractivity contribution in [2.45, 2.75) is 45.1 Å². The highest BCUT2D eigenvalue weighted by molar-refractivity contribution is 7.12. The van der Waals surface area contributed by atoms with E-state index in [-0.39, 0.29) is 0 Å². The van der Waals surface area contributed by atoms with Crippen molar-refractivity contribution in [2.75, 3.05) is 13.2 Å². The van der Waals surface area contributed by atoms with Crippen molar-refractivity contribution in [2.24, 2.45) is 0 Å². The molecule has 1 aromatic rings. The third kappa shape index (κ3) is 3.59. The van der Waals surface area contributed by atoms with Gasteiger partial charge in [0.25, 0.3) is 0 Å². The van der Waals surface area contributed by atoms with E-state index in [4.69, 9.17) is 4.74 Å². The van der Waals surface area contributed by atoms with Crippen LogP contribution in [0.4, 0.5) is 0 Å². The summed E-state index contributed by atoms with van der Waals surface area (Å²) in [5, 5.41) is 3.56. The Morgan fingerprint density at radius 2 is 2.33 bits per heavy atom. The highest BCUT2D eigenvalue weighted by Crippen LogP contribution is 2.32. The molecular weight excluding hydrogens is 242 g/mol. The van der Waals surface area contributed by atoms with E-state index in [0.717, 1.165) is 19.6 Å². The van der Waals surface area contributed by atoms with Gasteiger partial charge >= 0.3 is 0 Å². The summed E-state index contributed by atoms with van der Waals surface area (Å²) in [7, 11) is 0. The molecule has 1 aromatic heterocycles. The standard InChI is InChI=1S/C15H23NOS/c1-3-17-10-6-9-16-12(2)15-11-13-7-4-5-8-14(13)18-15/h3,11-12,16H,1,4-10H2,2H3. The van der Waals surface area contributed by atoms with Crippen LogP contribution in [0, 0.1) is 0 Å². The van der Waals surface area contributed by atoms with E-state index in [9.17, 15) is 0 Å². The predicted molar refractivity (Wildman–Crippen MR) is 78.1 cm³/mol. The van der Waals surface area contributed by atoms with Gasteiger partial charge in [0, 0.05) is 15.8 Å². The Balaban J connectivity index is 1.79. The fraction of sp³-hybridized carbons (Fsp3) is 0.600. The first kappa shape index (κ1) is 13.6. The predicted octanol–water partition coefficient (Wildman–Crippen LogP) is 3.83. The monoisotopic (exact) mass is 265 g/mol. The summed E-state index contributed by atoms with van der Waals surface area (Å²) >= 11 is 2.00. The molecule has 1 aliphatic carbocycles. The van der Waals surface area contributed by atoms with Gasteiger partial charge in [-0.15, -0.1) is 11.3 Å². The third-order valence-corrected chi connectivity index (χ3v) is 4.87. The van der Waals surface area contributed by atoms with Crippen LogP contribution in [0.15, 0.2) is 18.9 Å². The van der Waals surface area contributed by atoms with E-state index in [2.05, 4.69) is 24.9 Å². The van der Waals surface area contributed by atoms with Gasteiger partial charge in [0.2, 0.25) is 0 Å². The first-order chi connectivity index (χ1) is 8.81. The molecular formula is C15H23NOS. The third-order valence-electron chi connectivity index (χ3n) is 3.45. The molecule has 0 fully saturated rings. The Labute approximate surface area is 114 Å². The summed E-state index contributed by atoms with van der Waals surface area (Å²) in [4.78, 5) is 3.12. The van der Waals surface area contributed by atoms with Crippen molar-refractivity contribution in [3.63, 3.8) is 0 Å². The molecule has 2 rings (SSSR count). The Kier molecular flexibility index (Phi) is 5.26. The Bertz CT molecular complexity index is 362. The number of nitrogens with one attached hydrogen (secondary N) is 1. The highest BCUT2D eigenvalue weighted by atomic mass is 32.1. The molecule has 2 nitrogen and oxygen atoms in total. The van der Waals surface area contributed by atoms with Crippen LogP contribution in [0.3, 0.4) is 0 Å². The molecule has 1 aliphatic rings. The maximum absolute atomic E-state index is 5.11. The normalized spacial score (nSPS) is 16.1. The van der Waals surface area contributed by atoms with E-state index < -0.39 is 0 Å².